The molecule has 2 nitrogen and oxygen atoms in total. The van der Waals surface area contributed by atoms with Gasteiger partial charge >= 0.3 is 0 Å². The molecule has 0 aliphatic rings. The van der Waals surface area contributed by atoms with Gasteiger partial charge in [0.05, 0.1) is 25.2 Å². The van der Waals surface area contributed by atoms with E-state index < -0.39 is 0 Å². The van der Waals surface area contributed by atoms with Crippen LogP contribution in [0.25, 0.3) is 0 Å². The predicted octanol–water partition coefficient (Wildman–Crippen LogP) is 2.48. The molecule has 0 aliphatic carbocycles. The van der Waals surface area contributed by atoms with Gasteiger partial charge in [-0.25, -0.2) is 0 Å². The Kier molecular flexibility index (Phi) is 6.68. The normalized spacial score (nSPS) is 12.0. The maximum atomic E-state index is 2.33. The minimum absolute atomic E-state index is 0. The quantitative estimate of drug-likeness (QED) is 0.604. The van der Waals surface area contributed by atoms with Gasteiger partial charge in [0.1, 0.15) is 0 Å². The number of hydrogen-bond donors (Lipinski definition) is 0. The monoisotopic (exact) mass is 175 g/mol. The molecule has 76 valence electrons. The van der Waals surface area contributed by atoms with Crippen LogP contribution in [0.3, 0.4) is 0 Å². The fourth-order valence-corrected chi connectivity index (χ4v) is 2.28. The van der Waals surface area contributed by atoms with E-state index in [0.29, 0.717) is 0 Å². The molecule has 0 unspecified atom stereocenters. The summed E-state index contributed by atoms with van der Waals surface area (Å²) in [6.07, 6.45) is 0. The first-order chi connectivity index (χ1) is 5.01. The summed E-state index contributed by atoms with van der Waals surface area (Å²) in [5.41, 5.74) is 0. The molecule has 0 spiro atoms. The highest BCUT2D eigenvalue weighted by molar-refractivity contribution is 4.50. The van der Waals surface area contributed by atoms with E-state index in [9.17, 15) is 0 Å². The zero-order chi connectivity index (χ0) is 9.07. The standard InChI is InChI=1S/C10H24N.H2O/c1-7-11(8-2,9(3)4)10(5)6;/h9-10H,7-8H2,1-6H3;1H2/q+1;/p-1. The van der Waals surface area contributed by atoms with E-state index in [1.54, 1.807) is 0 Å². The lowest BCUT2D eigenvalue weighted by Gasteiger charge is -2.44. The Hall–Kier alpha value is -0.0800. The molecule has 0 aromatic rings. The Morgan fingerprint density at radius 3 is 1.08 bits per heavy atom. The molecule has 0 saturated carbocycles. The van der Waals surface area contributed by atoms with Crippen molar-refractivity contribution in [3.8, 4) is 0 Å². The van der Waals surface area contributed by atoms with Crippen LogP contribution in [0.4, 0.5) is 0 Å². The summed E-state index contributed by atoms with van der Waals surface area (Å²) in [5.74, 6) is 0. The molecule has 0 aliphatic heterocycles. The Morgan fingerprint density at radius 1 is 0.833 bits per heavy atom. The van der Waals surface area contributed by atoms with Gasteiger partial charge < -0.3 is 9.96 Å². The van der Waals surface area contributed by atoms with Crippen molar-refractivity contribution in [2.24, 2.45) is 0 Å². The first-order valence-corrected chi connectivity index (χ1v) is 4.87. The average Bonchev–Trinajstić information content (AvgIpc) is 1.90. The van der Waals surface area contributed by atoms with Gasteiger partial charge in [0.25, 0.3) is 0 Å². The van der Waals surface area contributed by atoms with Crippen LogP contribution in [0.1, 0.15) is 41.5 Å². The first kappa shape index (κ1) is 14.4. The average molecular weight is 175 g/mol. The second-order valence-electron chi connectivity index (χ2n) is 3.92. The van der Waals surface area contributed by atoms with Crippen LogP contribution in [0, 0.1) is 0 Å². The van der Waals surface area contributed by atoms with Crippen molar-refractivity contribution in [1.82, 2.24) is 0 Å². The molecular weight excluding hydrogens is 150 g/mol. The van der Waals surface area contributed by atoms with Crippen molar-refractivity contribution < 1.29 is 9.96 Å². The fourth-order valence-electron chi connectivity index (χ4n) is 2.28. The van der Waals surface area contributed by atoms with Gasteiger partial charge in [-0.2, -0.15) is 0 Å². The first-order valence-electron chi connectivity index (χ1n) is 4.87. The van der Waals surface area contributed by atoms with E-state index in [-0.39, 0.29) is 5.48 Å². The zero-order valence-corrected chi connectivity index (χ0v) is 9.46. The van der Waals surface area contributed by atoms with E-state index in [2.05, 4.69) is 41.5 Å². The van der Waals surface area contributed by atoms with Crippen molar-refractivity contribution >= 4 is 0 Å². The Labute approximate surface area is 77.5 Å². The van der Waals surface area contributed by atoms with E-state index >= 15 is 0 Å². The lowest BCUT2D eigenvalue weighted by molar-refractivity contribution is -0.963. The fraction of sp³-hybridized carbons (Fsp3) is 1.00. The third-order valence-electron chi connectivity index (χ3n) is 3.23. The molecule has 0 amide bonds. The van der Waals surface area contributed by atoms with Crippen molar-refractivity contribution in [2.75, 3.05) is 13.1 Å². The van der Waals surface area contributed by atoms with Crippen LogP contribution in [0.2, 0.25) is 0 Å². The molecule has 0 aromatic heterocycles. The summed E-state index contributed by atoms with van der Waals surface area (Å²) in [6.45, 7) is 16.4. The highest BCUT2D eigenvalue weighted by Gasteiger charge is 2.30. The number of rotatable bonds is 4. The topological polar surface area (TPSA) is 30.0 Å². The third kappa shape index (κ3) is 2.46. The maximum absolute atomic E-state index is 2.33. The molecule has 0 aromatic carbocycles. The van der Waals surface area contributed by atoms with E-state index in [1.807, 2.05) is 0 Å². The van der Waals surface area contributed by atoms with Crippen LogP contribution < -0.4 is 0 Å². The molecule has 0 atom stereocenters. The van der Waals surface area contributed by atoms with Gasteiger partial charge in [-0.05, 0) is 41.5 Å². The van der Waals surface area contributed by atoms with Gasteiger partial charge in [0.2, 0.25) is 0 Å². The summed E-state index contributed by atoms with van der Waals surface area (Å²) >= 11 is 0. The van der Waals surface area contributed by atoms with Gasteiger partial charge in [0.15, 0.2) is 0 Å². The summed E-state index contributed by atoms with van der Waals surface area (Å²) in [5, 5.41) is 0. The molecule has 0 saturated heterocycles. The van der Waals surface area contributed by atoms with Crippen LogP contribution in [-0.4, -0.2) is 35.1 Å². The molecule has 0 bridgehead atoms. The Morgan fingerprint density at radius 2 is 1.08 bits per heavy atom. The highest BCUT2D eigenvalue weighted by Crippen LogP contribution is 2.17. The summed E-state index contributed by atoms with van der Waals surface area (Å²) < 4.78 is 1.25. The number of hydrogen-bond acceptors (Lipinski definition) is 1. The smallest absolute Gasteiger partial charge is 0.0835 e. The van der Waals surface area contributed by atoms with Crippen LogP contribution >= 0.6 is 0 Å². The lowest BCUT2D eigenvalue weighted by atomic mass is 10.1. The second-order valence-corrected chi connectivity index (χ2v) is 3.92. The largest absolute Gasteiger partial charge is 0.870 e. The lowest BCUT2D eigenvalue weighted by Crippen LogP contribution is -2.57. The molecule has 12 heavy (non-hydrogen) atoms. The third-order valence-corrected chi connectivity index (χ3v) is 3.23. The van der Waals surface area contributed by atoms with Crippen molar-refractivity contribution in [2.45, 2.75) is 53.6 Å². The van der Waals surface area contributed by atoms with E-state index in [0.717, 1.165) is 12.1 Å². The van der Waals surface area contributed by atoms with Crippen LogP contribution in [-0.2, 0) is 0 Å². The van der Waals surface area contributed by atoms with Crippen LogP contribution in [0.15, 0.2) is 0 Å². The second kappa shape index (κ2) is 5.55. The summed E-state index contributed by atoms with van der Waals surface area (Å²) in [4.78, 5) is 0. The molecular formula is C10H25NO. The van der Waals surface area contributed by atoms with Gasteiger partial charge in [0, 0.05) is 0 Å². The predicted molar refractivity (Wildman–Crippen MR) is 53.6 cm³/mol. The molecule has 1 N–H and O–H groups in total. The molecule has 0 radical (unpaired) electrons. The van der Waals surface area contributed by atoms with Crippen molar-refractivity contribution in [3.05, 3.63) is 0 Å². The van der Waals surface area contributed by atoms with Crippen molar-refractivity contribution in [3.63, 3.8) is 0 Å². The SMILES string of the molecule is CC[N+](CC)(C(C)C)C(C)C.[OH-]. The van der Waals surface area contributed by atoms with Gasteiger partial charge in [-0.15, -0.1) is 0 Å². The Bertz CT molecular complexity index is 96.4. The minimum atomic E-state index is 0. The summed E-state index contributed by atoms with van der Waals surface area (Å²) in [7, 11) is 0. The zero-order valence-electron chi connectivity index (χ0n) is 9.46. The Balaban J connectivity index is 0. The highest BCUT2D eigenvalue weighted by atomic mass is 16.0. The van der Waals surface area contributed by atoms with E-state index in [4.69, 9.17) is 0 Å². The molecule has 0 fully saturated rings. The summed E-state index contributed by atoms with van der Waals surface area (Å²) in [6, 6.07) is 1.51. The molecule has 2 heteroatoms. The minimum Gasteiger partial charge on any atom is -0.870 e. The van der Waals surface area contributed by atoms with Crippen molar-refractivity contribution in [1.29, 1.82) is 0 Å². The van der Waals surface area contributed by atoms with Gasteiger partial charge in [-0.3, -0.25) is 0 Å². The van der Waals surface area contributed by atoms with Gasteiger partial charge in [-0.1, -0.05) is 0 Å². The maximum Gasteiger partial charge on any atom is 0.0835 e. The molecule has 0 heterocycles. The van der Waals surface area contributed by atoms with Crippen LogP contribution in [0.5, 0.6) is 0 Å². The number of nitrogens with zero attached hydrogens (tertiary/aromatic N) is 1. The molecule has 0 rings (SSSR count). The van der Waals surface area contributed by atoms with E-state index in [1.165, 1.54) is 17.6 Å². The number of quaternary nitrogens is 1.